The molecule has 0 fully saturated rings. The van der Waals surface area contributed by atoms with Crippen LogP contribution in [0.1, 0.15) is 11.1 Å². The van der Waals surface area contributed by atoms with Crippen molar-refractivity contribution >= 4 is 5.69 Å². The van der Waals surface area contributed by atoms with Crippen molar-refractivity contribution in [3.8, 4) is 6.07 Å². The number of nitrogens with zero attached hydrogens (tertiary/aromatic N) is 1. The van der Waals surface area contributed by atoms with Gasteiger partial charge in [0.1, 0.15) is 0 Å². The minimum atomic E-state index is -0.0858. The van der Waals surface area contributed by atoms with Gasteiger partial charge in [0, 0.05) is 11.3 Å². The van der Waals surface area contributed by atoms with Crippen molar-refractivity contribution in [1.29, 1.82) is 5.26 Å². The number of aliphatic hydroxyl groups is 1. The van der Waals surface area contributed by atoms with E-state index in [0.29, 0.717) is 16.8 Å². The number of nitrogen functional groups attached to an aromatic ring is 1. The van der Waals surface area contributed by atoms with E-state index in [1.54, 1.807) is 18.2 Å². The maximum Gasteiger partial charge on any atom is 0.0992 e. The Labute approximate surface area is 64.7 Å². The molecule has 56 valence electrons. The normalized spacial score (nSPS) is 9.09. The Morgan fingerprint density at radius 3 is 2.73 bits per heavy atom. The summed E-state index contributed by atoms with van der Waals surface area (Å²) in [6.07, 6.45) is 0. The first-order valence-corrected chi connectivity index (χ1v) is 3.17. The zero-order valence-corrected chi connectivity index (χ0v) is 5.91. The molecule has 0 spiro atoms. The first-order chi connectivity index (χ1) is 5.27. The Kier molecular flexibility index (Phi) is 2.09. The van der Waals surface area contributed by atoms with E-state index >= 15 is 0 Å². The van der Waals surface area contributed by atoms with Crippen LogP contribution in [0.3, 0.4) is 0 Å². The van der Waals surface area contributed by atoms with E-state index < -0.39 is 0 Å². The summed E-state index contributed by atoms with van der Waals surface area (Å²) in [5.74, 6) is 0. The van der Waals surface area contributed by atoms with Crippen LogP contribution in [-0.4, -0.2) is 5.11 Å². The second-order valence-electron chi connectivity index (χ2n) is 2.18. The number of hydrogen-bond acceptors (Lipinski definition) is 3. The lowest BCUT2D eigenvalue weighted by Gasteiger charge is -2.00. The predicted molar refractivity (Wildman–Crippen MR) is 41.5 cm³/mol. The Hall–Kier alpha value is -1.53. The van der Waals surface area contributed by atoms with Gasteiger partial charge in [-0.15, -0.1) is 0 Å². The summed E-state index contributed by atoms with van der Waals surface area (Å²) in [7, 11) is 0. The highest BCUT2D eigenvalue weighted by atomic mass is 16.3. The maximum absolute atomic E-state index is 8.72. The highest BCUT2D eigenvalue weighted by Crippen LogP contribution is 2.12. The van der Waals surface area contributed by atoms with Gasteiger partial charge in [0.25, 0.3) is 0 Å². The fraction of sp³-hybridized carbons (Fsp3) is 0.125. The highest BCUT2D eigenvalue weighted by Gasteiger charge is 1.97. The summed E-state index contributed by atoms with van der Waals surface area (Å²) in [6, 6.07) is 6.78. The summed E-state index contributed by atoms with van der Waals surface area (Å²) in [4.78, 5) is 0. The molecule has 0 atom stereocenters. The van der Waals surface area contributed by atoms with Crippen molar-refractivity contribution < 1.29 is 5.11 Å². The number of aliphatic hydroxyl groups excluding tert-OH is 1. The molecule has 0 bridgehead atoms. The average Bonchev–Trinajstić information content (AvgIpc) is 2.04. The van der Waals surface area contributed by atoms with Gasteiger partial charge in [-0.2, -0.15) is 5.26 Å². The van der Waals surface area contributed by atoms with Crippen molar-refractivity contribution in [3.63, 3.8) is 0 Å². The third kappa shape index (κ3) is 1.48. The summed E-state index contributed by atoms with van der Waals surface area (Å²) < 4.78 is 0. The number of hydrogen-bond donors (Lipinski definition) is 2. The Morgan fingerprint density at radius 2 is 2.27 bits per heavy atom. The fourth-order valence-corrected chi connectivity index (χ4v) is 0.808. The first kappa shape index (κ1) is 7.58. The van der Waals surface area contributed by atoms with Crippen LogP contribution in [0.25, 0.3) is 0 Å². The van der Waals surface area contributed by atoms with Crippen molar-refractivity contribution in [2.45, 2.75) is 6.61 Å². The van der Waals surface area contributed by atoms with Gasteiger partial charge in [-0.1, -0.05) is 6.07 Å². The predicted octanol–water partition coefficient (Wildman–Crippen LogP) is 0.633. The monoisotopic (exact) mass is 148 g/mol. The molecule has 1 aromatic carbocycles. The van der Waals surface area contributed by atoms with E-state index in [2.05, 4.69) is 0 Å². The fourth-order valence-electron chi connectivity index (χ4n) is 0.808. The zero-order valence-electron chi connectivity index (χ0n) is 5.91. The van der Waals surface area contributed by atoms with E-state index in [1.807, 2.05) is 6.07 Å². The number of benzene rings is 1. The Balaban J connectivity index is 3.12. The van der Waals surface area contributed by atoms with E-state index in [4.69, 9.17) is 16.1 Å². The number of nitrogens with two attached hydrogens (primary N) is 1. The van der Waals surface area contributed by atoms with E-state index in [-0.39, 0.29) is 6.61 Å². The maximum atomic E-state index is 8.72. The molecule has 0 heterocycles. The van der Waals surface area contributed by atoms with Crippen LogP contribution < -0.4 is 5.73 Å². The van der Waals surface area contributed by atoms with Crippen LogP contribution in [0.15, 0.2) is 18.2 Å². The van der Waals surface area contributed by atoms with Gasteiger partial charge < -0.3 is 10.8 Å². The topological polar surface area (TPSA) is 70.0 Å². The van der Waals surface area contributed by atoms with Crippen LogP contribution in [0.5, 0.6) is 0 Å². The minimum absolute atomic E-state index is 0.0858. The van der Waals surface area contributed by atoms with Gasteiger partial charge in [-0.25, -0.2) is 0 Å². The average molecular weight is 148 g/mol. The molecule has 0 radical (unpaired) electrons. The molecule has 0 saturated carbocycles. The smallest absolute Gasteiger partial charge is 0.0992 e. The van der Waals surface area contributed by atoms with Crippen molar-refractivity contribution in [2.24, 2.45) is 0 Å². The number of anilines is 1. The lowest BCUT2D eigenvalue weighted by molar-refractivity contribution is 0.282. The molecule has 0 aliphatic rings. The zero-order chi connectivity index (χ0) is 8.27. The van der Waals surface area contributed by atoms with Gasteiger partial charge in [0.05, 0.1) is 18.2 Å². The van der Waals surface area contributed by atoms with Crippen molar-refractivity contribution in [3.05, 3.63) is 29.3 Å². The van der Waals surface area contributed by atoms with Gasteiger partial charge in [0.2, 0.25) is 0 Å². The molecular formula is C8H8N2O. The standard InChI is InChI=1S/C8H8N2O/c9-4-6-1-2-7(5-11)8(10)3-6/h1-3,11H,5,10H2. The van der Waals surface area contributed by atoms with Crippen LogP contribution >= 0.6 is 0 Å². The molecule has 3 nitrogen and oxygen atoms in total. The van der Waals surface area contributed by atoms with Gasteiger partial charge >= 0.3 is 0 Å². The summed E-state index contributed by atoms with van der Waals surface area (Å²) >= 11 is 0. The SMILES string of the molecule is N#Cc1ccc(CO)c(N)c1. The van der Waals surface area contributed by atoms with Gasteiger partial charge in [-0.05, 0) is 12.1 Å². The van der Waals surface area contributed by atoms with E-state index in [9.17, 15) is 0 Å². The van der Waals surface area contributed by atoms with Crippen molar-refractivity contribution in [1.82, 2.24) is 0 Å². The number of rotatable bonds is 1. The number of nitriles is 1. The highest BCUT2D eigenvalue weighted by molar-refractivity contribution is 5.51. The van der Waals surface area contributed by atoms with E-state index in [1.165, 1.54) is 0 Å². The lowest BCUT2D eigenvalue weighted by atomic mass is 10.1. The minimum Gasteiger partial charge on any atom is -0.398 e. The molecule has 0 saturated heterocycles. The van der Waals surface area contributed by atoms with Crippen molar-refractivity contribution in [2.75, 3.05) is 5.73 Å². The molecule has 0 aliphatic carbocycles. The second kappa shape index (κ2) is 3.04. The molecule has 1 rings (SSSR count). The first-order valence-electron chi connectivity index (χ1n) is 3.17. The largest absolute Gasteiger partial charge is 0.398 e. The summed E-state index contributed by atoms with van der Waals surface area (Å²) in [6.45, 7) is -0.0858. The molecular weight excluding hydrogens is 140 g/mol. The Bertz CT molecular complexity index is 301. The van der Waals surface area contributed by atoms with Crippen LogP contribution in [0, 0.1) is 11.3 Å². The quantitative estimate of drug-likeness (QED) is 0.574. The molecule has 11 heavy (non-hydrogen) atoms. The van der Waals surface area contributed by atoms with Crippen LogP contribution in [0.4, 0.5) is 5.69 Å². The lowest BCUT2D eigenvalue weighted by Crippen LogP contribution is -1.94. The third-order valence-corrected chi connectivity index (χ3v) is 1.45. The summed E-state index contributed by atoms with van der Waals surface area (Å²) in [5, 5.41) is 17.2. The van der Waals surface area contributed by atoms with E-state index in [0.717, 1.165) is 0 Å². The molecule has 3 N–H and O–H groups in total. The van der Waals surface area contributed by atoms with Gasteiger partial charge in [0.15, 0.2) is 0 Å². The molecule has 3 heteroatoms. The van der Waals surface area contributed by atoms with Crippen LogP contribution in [0.2, 0.25) is 0 Å². The second-order valence-corrected chi connectivity index (χ2v) is 2.18. The Morgan fingerprint density at radius 1 is 1.55 bits per heavy atom. The molecule has 0 unspecified atom stereocenters. The summed E-state index contributed by atoms with van der Waals surface area (Å²) in [5.41, 5.74) is 7.13. The molecule has 0 aromatic heterocycles. The van der Waals surface area contributed by atoms with Crippen LogP contribution in [-0.2, 0) is 6.61 Å². The molecule has 0 amide bonds. The third-order valence-electron chi connectivity index (χ3n) is 1.45. The molecule has 0 aliphatic heterocycles. The van der Waals surface area contributed by atoms with Gasteiger partial charge in [-0.3, -0.25) is 0 Å². The molecule has 1 aromatic rings.